The predicted molar refractivity (Wildman–Crippen MR) is 91.6 cm³/mol. The third-order valence-corrected chi connectivity index (χ3v) is 4.04. The van der Waals surface area contributed by atoms with Crippen LogP contribution in [0.25, 0.3) is 0 Å². The molecule has 0 aromatic carbocycles. The average Bonchev–Trinajstić information content (AvgIpc) is 2.63. The number of aromatic nitrogens is 3. The maximum absolute atomic E-state index is 11.2. The molecule has 1 aliphatic rings. The second-order valence-corrected chi connectivity index (χ2v) is 5.82. The number of aryl methyl sites for hydroxylation is 1. The number of pyridine rings is 1. The van der Waals surface area contributed by atoms with Crippen molar-refractivity contribution in [1.29, 1.82) is 0 Å². The molecule has 3 rings (SSSR count). The summed E-state index contributed by atoms with van der Waals surface area (Å²) in [5.41, 5.74) is 1.54. The van der Waals surface area contributed by atoms with Gasteiger partial charge in [-0.25, -0.2) is 14.8 Å². The highest BCUT2D eigenvalue weighted by Crippen LogP contribution is 2.20. The quantitative estimate of drug-likeness (QED) is 0.811. The number of ether oxygens (including phenoxy) is 1. The third kappa shape index (κ3) is 4.49. The zero-order valence-electron chi connectivity index (χ0n) is 14.1. The lowest BCUT2D eigenvalue weighted by molar-refractivity contribution is 0.0178. The van der Waals surface area contributed by atoms with E-state index in [0.29, 0.717) is 31.4 Å². The number of carboxylic acid groups (broad SMARTS) is 1. The number of nitrogens with zero attached hydrogens (tertiary/aromatic N) is 4. The molecule has 0 spiro atoms. The second-order valence-electron chi connectivity index (χ2n) is 5.82. The second kappa shape index (κ2) is 8.00. The highest BCUT2D eigenvalue weighted by atomic mass is 16.5. The van der Waals surface area contributed by atoms with Gasteiger partial charge in [0.2, 0.25) is 5.95 Å². The molecule has 0 bridgehead atoms. The number of hydrogen-bond acceptors (Lipinski definition) is 7. The summed E-state index contributed by atoms with van der Waals surface area (Å²) in [7, 11) is 0. The van der Waals surface area contributed by atoms with Crippen molar-refractivity contribution in [3.8, 4) is 0 Å². The van der Waals surface area contributed by atoms with E-state index in [1.54, 1.807) is 13.1 Å². The third-order valence-electron chi connectivity index (χ3n) is 4.04. The zero-order valence-corrected chi connectivity index (χ0v) is 14.1. The lowest BCUT2D eigenvalue weighted by Gasteiger charge is -2.34. The molecule has 1 atom stereocenters. The van der Waals surface area contributed by atoms with Crippen molar-refractivity contribution in [2.24, 2.45) is 0 Å². The lowest BCUT2D eigenvalue weighted by Crippen LogP contribution is -2.42. The van der Waals surface area contributed by atoms with Crippen molar-refractivity contribution >= 4 is 11.9 Å². The molecule has 0 amide bonds. The van der Waals surface area contributed by atoms with Gasteiger partial charge in [0.1, 0.15) is 0 Å². The van der Waals surface area contributed by atoms with Crippen molar-refractivity contribution in [1.82, 2.24) is 19.9 Å². The molecule has 0 radical (unpaired) electrons. The van der Waals surface area contributed by atoms with E-state index in [0.717, 1.165) is 18.8 Å². The van der Waals surface area contributed by atoms with Gasteiger partial charge in [-0.1, -0.05) is 6.07 Å². The van der Waals surface area contributed by atoms with Gasteiger partial charge in [-0.3, -0.25) is 9.88 Å². The van der Waals surface area contributed by atoms with E-state index in [-0.39, 0.29) is 11.7 Å². The minimum atomic E-state index is -1.07. The Kier molecular flexibility index (Phi) is 5.52. The van der Waals surface area contributed by atoms with Gasteiger partial charge in [0, 0.05) is 31.5 Å². The maximum Gasteiger partial charge on any atom is 0.354 e. The molecule has 25 heavy (non-hydrogen) atoms. The molecule has 2 aromatic heterocycles. The molecule has 2 N–H and O–H groups in total. The fourth-order valence-corrected chi connectivity index (χ4v) is 2.83. The minimum Gasteiger partial charge on any atom is -0.477 e. The summed E-state index contributed by atoms with van der Waals surface area (Å²) in [6, 6.07) is 7.31. The molecular weight excluding hydrogens is 322 g/mol. The number of morpholine rings is 1. The molecule has 1 saturated heterocycles. The minimum absolute atomic E-state index is 0.0178. The van der Waals surface area contributed by atoms with Crippen LogP contribution < -0.4 is 5.32 Å². The number of anilines is 1. The first kappa shape index (κ1) is 17.2. The fraction of sp³-hybridized carbons (Fsp3) is 0.412. The summed E-state index contributed by atoms with van der Waals surface area (Å²) >= 11 is 0. The smallest absolute Gasteiger partial charge is 0.354 e. The molecule has 0 saturated carbocycles. The van der Waals surface area contributed by atoms with Crippen LogP contribution in [-0.2, 0) is 4.74 Å². The van der Waals surface area contributed by atoms with Gasteiger partial charge >= 0.3 is 5.97 Å². The number of rotatable bonds is 6. The largest absolute Gasteiger partial charge is 0.477 e. The summed E-state index contributed by atoms with van der Waals surface area (Å²) in [5, 5.41) is 12.3. The van der Waals surface area contributed by atoms with Gasteiger partial charge in [0.05, 0.1) is 24.9 Å². The number of nitrogens with one attached hydrogen (secondary N) is 1. The van der Waals surface area contributed by atoms with E-state index >= 15 is 0 Å². The Morgan fingerprint density at radius 2 is 2.16 bits per heavy atom. The SMILES string of the molecule is Cc1cc(C(=O)O)nc(NCC(c2ccccn2)N2CCOCC2)n1. The molecular formula is C17H21N5O3. The zero-order chi connectivity index (χ0) is 17.6. The normalized spacial score (nSPS) is 16.4. The Morgan fingerprint density at radius 1 is 1.36 bits per heavy atom. The summed E-state index contributed by atoms with van der Waals surface area (Å²) < 4.78 is 5.43. The molecule has 1 fully saturated rings. The van der Waals surface area contributed by atoms with E-state index < -0.39 is 5.97 Å². The molecule has 8 heteroatoms. The Labute approximate surface area is 145 Å². The fourth-order valence-electron chi connectivity index (χ4n) is 2.83. The Bertz CT molecular complexity index is 719. The van der Waals surface area contributed by atoms with Crippen LogP contribution in [0.1, 0.15) is 27.9 Å². The molecule has 2 aromatic rings. The average molecular weight is 343 g/mol. The van der Waals surface area contributed by atoms with Crippen LogP contribution in [0, 0.1) is 6.92 Å². The standard InChI is InChI=1S/C17H21N5O3/c1-12-10-14(16(23)24)21-17(20-12)19-11-15(13-4-2-3-5-18-13)22-6-8-25-9-7-22/h2-5,10,15H,6-9,11H2,1H3,(H,23,24)(H,19,20,21). The van der Waals surface area contributed by atoms with Crippen LogP contribution in [0.3, 0.4) is 0 Å². The van der Waals surface area contributed by atoms with Crippen molar-refractivity contribution in [2.75, 3.05) is 38.2 Å². The van der Waals surface area contributed by atoms with Crippen molar-refractivity contribution in [3.05, 3.63) is 47.5 Å². The number of aromatic carboxylic acids is 1. The Hall–Kier alpha value is -2.58. The van der Waals surface area contributed by atoms with E-state index in [1.807, 2.05) is 18.2 Å². The topological polar surface area (TPSA) is 100 Å². The Balaban J connectivity index is 1.78. The van der Waals surface area contributed by atoms with E-state index in [9.17, 15) is 4.79 Å². The lowest BCUT2D eigenvalue weighted by atomic mass is 10.1. The van der Waals surface area contributed by atoms with Crippen LogP contribution in [0.5, 0.6) is 0 Å². The monoisotopic (exact) mass is 343 g/mol. The van der Waals surface area contributed by atoms with Gasteiger partial charge in [0.25, 0.3) is 0 Å². The van der Waals surface area contributed by atoms with Gasteiger partial charge in [-0.2, -0.15) is 0 Å². The summed E-state index contributed by atoms with van der Waals surface area (Å²) in [5.74, 6) is -0.755. The summed E-state index contributed by atoms with van der Waals surface area (Å²) in [4.78, 5) is 26.3. The predicted octanol–water partition coefficient (Wildman–Crippen LogP) is 1.36. The van der Waals surface area contributed by atoms with Crippen molar-refractivity contribution < 1.29 is 14.6 Å². The number of carboxylic acids is 1. The molecule has 132 valence electrons. The van der Waals surface area contributed by atoms with Gasteiger partial charge in [-0.15, -0.1) is 0 Å². The summed E-state index contributed by atoms with van der Waals surface area (Å²) in [6.07, 6.45) is 1.77. The van der Waals surface area contributed by atoms with Gasteiger partial charge in [0.15, 0.2) is 5.69 Å². The Morgan fingerprint density at radius 3 is 2.84 bits per heavy atom. The molecule has 3 heterocycles. The first-order chi connectivity index (χ1) is 12.1. The van der Waals surface area contributed by atoms with Gasteiger partial charge in [-0.05, 0) is 25.1 Å². The van der Waals surface area contributed by atoms with E-state index in [4.69, 9.17) is 9.84 Å². The van der Waals surface area contributed by atoms with Crippen LogP contribution in [0.4, 0.5) is 5.95 Å². The molecule has 1 unspecified atom stereocenters. The highest BCUT2D eigenvalue weighted by Gasteiger charge is 2.24. The molecule has 8 nitrogen and oxygen atoms in total. The first-order valence-corrected chi connectivity index (χ1v) is 8.19. The summed E-state index contributed by atoms with van der Waals surface area (Å²) in [6.45, 7) is 5.29. The number of carbonyl (C=O) groups is 1. The highest BCUT2D eigenvalue weighted by molar-refractivity contribution is 5.85. The first-order valence-electron chi connectivity index (χ1n) is 8.19. The van der Waals surface area contributed by atoms with Crippen LogP contribution in [0.15, 0.2) is 30.5 Å². The van der Waals surface area contributed by atoms with E-state index in [2.05, 4.69) is 25.2 Å². The molecule has 0 aliphatic carbocycles. The van der Waals surface area contributed by atoms with Crippen molar-refractivity contribution in [2.45, 2.75) is 13.0 Å². The van der Waals surface area contributed by atoms with Crippen LogP contribution >= 0.6 is 0 Å². The van der Waals surface area contributed by atoms with Crippen LogP contribution in [0.2, 0.25) is 0 Å². The van der Waals surface area contributed by atoms with Crippen LogP contribution in [-0.4, -0.2) is 63.8 Å². The van der Waals surface area contributed by atoms with Gasteiger partial charge < -0.3 is 15.2 Å². The maximum atomic E-state index is 11.2. The number of hydrogen-bond donors (Lipinski definition) is 2. The van der Waals surface area contributed by atoms with E-state index in [1.165, 1.54) is 6.07 Å². The van der Waals surface area contributed by atoms with Crippen molar-refractivity contribution in [3.63, 3.8) is 0 Å². The molecule has 1 aliphatic heterocycles.